The van der Waals surface area contributed by atoms with Crippen molar-refractivity contribution in [3.8, 4) is 0 Å². The first-order valence-electron chi connectivity index (χ1n) is 10.1. The summed E-state index contributed by atoms with van der Waals surface area (Å²) in [5.74, 6) is -1.39. The quantitative estimate of drug-likeness (QED) is 0.657. The van der Waals surface area contributed by atoms with Crippen LogP contribution in [0.4, 0.5) is 8.78 Å². The Morgan fingerprint density at radius 3 is 2.55 bits per heavy atom. The average molecular weight is 397 g/mol. The first kappa shape index (κ1) is 19.6. The third-order valence-electron chi connectivity index (χ3n) is 5.69. The van der Waals surface area contributed by atoms with Gasteiger partial charge in [-0.1, -0.05) is 30.3 Å². The highest BCUT2D eigenvalue weighted by Gasteiger charge is 2.19. The zero-order valence-electron chi connectivity index (χ0n) is 16.3. The maximum Gasteiger partial charge on any atom is 0.267 e. The molecule has 0 bridgehead atoms. The fourth-order valence-electron chi connectivity index (χ4n) is 4.03. The Morgan fingerprint density at radius 2 is 1.79 bits per heavy atom. The Morgan fingerprint density at radius 1 is 1.07 bits per heavy atom. The van der Waals surface area contributed by atoms with Crippen LogP contribution in [-0.2, 0) is 6.42 Å². The number of likely N-dealkylation sites (tertiary alicyclic amines) is 1. The Labute approximate surface area is 168 Å². The van der Waals surface area contributed by atoms with E-state index in [2.05, 4.69) is 39.5 Å². The van der Waals surface area contributed by atoms with Gasteiger partial charge in [0, 0.05) is 30.1 Å². The molecule has 1 aromatic heterocycles. The molecule has 6 heteroatoms. The lowest BCUT2D eigenvalue weighted by Gasteiger charge is -2.32. The van der Waals surface area contributed by atoms with E-state index in [-0.39, 0.29) is 5.91 Å². The molecule has 1 fully saturated rings. The normalized spacial score (nSPS) is 15.7. The molecular formula is C23H25F2N3O. The molecule has 4 rings (SSSR count). The molecule has 3 aromatic rings. The van der Waals surface area contributed by atoms with Gasteiger partial charge in [-0.3, -0.25) is 4.79 Å². The highest BCUT2D eigenvalue weighted by molar-refractivity contribution is 5.98. The predicted octanol–water partition coefficient (Wildman–Crippen LogP) is 4.13. The number of fused-ring (bicyclic) bond motifs is 1. The number of nitrogens with zero attached hydrogens (tertiary/aromatic N) is 1. The Hall–Kier alpha value is -2.73. The molecule has 0 unspecified atom stereocenters. The van der Waals surface area contributed by atoms with E-state index in [9.17, 15) is 13.6 Å². The van der Waals surface area contributed by atoms with Gasteiger partial charge in [0.15, 0.2) is 11.6 Å². The van der Waals surface area contributed by atoms with E-state index >= 15 is 0 Å². The summed E-state index contributed by atoms with van der Waals surface area (Å²) in [6.07, 6.45) is 3.47. The van der Waals surface area contributed by atoms with Gasteiger partial charge in [-0.05, 0) is 56.0 Å². The van der Waals surface area contributed by atoms with Crippen LogP contribution >= 0.6 is 0 Å². The number of H-pyrrole nitrogens is 1. The number of carbonyl (C=O) groups is 1. The van der Waals surface area contributed by atoms with Crippen molar-refractivity contribution in [1.82, 2.24) is 15.2 Å². The summed E-state index contributed by atoms with van der Waals surface area (Å²) >= 11 is 0. The first-order chi connectivity index (χ1) is 14.1. The van der Waals surface area contributed by atoms with Crippen LogP contribution in [-0.4, -0.2) is 42.0 Å². The largest absolute Gasteiger partial charge is 0.350 e. The van der Waals surface area contributed by atoms with E-state index in [1.54, 1.807) is 6.07 Å². The van der Waals surface area contributed by atoms with E-state index in [4.69, 9.17) is 0 Å². The van der Waals surface area contributed by atoms with Crippen LogP contribution in [0.1, 0.15) is 28.9 Å². The molecule has 0 radical (unpaired) electrons. The summed E-state index contributed by atoms with van der Waals surface area (Å²) in [4.78, 5) is 17.6. The minimum absolute atomic E-state index is 0.263. The molecule has 152 valence electrons. The molecule has 1 aliphatic heterocycles. The maximum absolute atomic E-state index is 13.3. The number of aromatic amines is 1. The molecule has 1 aliphatic rings. The SMILES string of the molecule is O=C(NCCN1CCC(Cc2ccccc2)CC1)c1cc2cc(F)c(F)cc2[nH]1. The minimum Gasteiger partial charge on any atom is -0.350 e. The molecule has 0 spiro atoms. The number of hydrogen-bond acceptors (Lipinski definition) is 2. The number of halogens is 2. The van der Waals surface area contributed by atoms with Crippen molar-refractivity contribution < 1.29 is 13.6 Å². The van der Waals surface area contributed by atoms with Crippen molar-refractivity contribution in [3.05, 3.63) is 71.4 Å². The Balaban J connectivity index is 1.22. The van der Waals surface area contributed by atoms with Gasteiger partial charge in [0.05, 0.1) is 0 Å². The number of hydrogen-bond donors (Lipinski definition) is 2. The number of rotatable bonds is 6. The Bertz CT molecular complexity index is 939. The molecular weight excluding hydrogens is 372 g/mol. The lowest BCUT2D eigenvalue weighted by atomic mass is 9.90. The number of amides is 1. The van der Waals surface area contributed by atoms with Gasteiger partial charge in [-0.15, -0.1) is 0 Å². The van der Waals surface area contributed by atoms with Crippen molar-refractivity contribution in [2.24, 2.45) is 5.92 Å². The smallest absolute Gasteiger partial charge is 0.267 e. The fraction of sp³-hybridized carbons (Fsp3) is 0.348. The Kier molecular flexibility index (Phi) is 5.90. The topological polar surface area (TPSA) is 48.1 Å². The maximum atomic E-state index is 13.3. The van der Waals surface area contributed by atoms with Crippen LogP contribution in [0.2, 0.25) is 0 Å². The third-order valence-corrected chi connectivity index (χ3v) is 5.69. The molecule has 2 heterocycles. The highest BCUT2D eigenvalue weighted by Crippen LogP contribution is 2.22. The second-order valence-electron chi connectivity index (χ2n) is 7.77. The van der Waals surface area contributed by atoms with Crippen LogP contribution in [0.15, 0.2) is 48.5 Å². The highest BCUT2D eigenvalue weighted by atomic mass is 19.2. The summed E-state index contributed by atoms with van der Waals surface area (Å²) in [7, 11) is 0. The molecule has 0 aliphatic carbocycles. The zero-order valence-corrected chi connectivity index (χ0v) is 16.3. The standard InChI is InChI=1S/C23H25F2N3O/c24-19-13-18-14-22(27-21(18)15-20(19)25)23(29)26-8-11-28-9-6-17(7-10-28)12-16-4-2-1-3-5-16/h1-5,13-15,17,27H,6-12H2,(H,26,29). The number of nitrogens with one attached hydrogen (secondary N) is 2. The van der Waals surface area contributed by atoms with E-state index in [1.807, 2.05) is 6.07 Å². The van der Waals surface area contributed by atoms with Crippen LogP contribution in [0, 0.1) is 17.6 Å². The van der Waals surface area contributed by atoms with Crippen LogP contribution < -0.4 is 5.32 Å². The minimum atomic E-state index is -0.929. The molecule has 1 saturated heterocycles. The third kappa shape index (κ3) is 4.82. The number of piperidine rings is 1. The second kappa shape index (κ2) is 8.74. The van der Waals surface area contributed by atoms with Crippen LogP contribution in [0.25, 0.3) is 10.9 Å². The number of aromatic nitrogens is 1. The van der Waals surface area contributed by atoms with Gasteiger partial charge in [-0.2, -0.15) is 0 Å². The van der Waals surface area contributed by atoms with Crippen molar-refractivity contribution >= 4 is 16.8 Å². The average Bonchev–Trinajstić information content (AvgIpc) is 3.13. The zero-order chi connectivity index (χ0) is 20.2. The lowest BCUT2D eigenvalue weighted by Crippen LogP contribution is -2.40. The molecule has 0 saturated carbocycles. The van der Waals surface area contributed by atoms with Crippen LogP contribution in [0.5, 0.6) is 0 Å². The van der Waals surface area contributed by atoms with Gasteiger partial charge in [0.25, 0.3) is 5.91 Å². The van der Waals surface area contributed by atoms with Gasteiger partial charge in [-0.25, -0.2) is 8.78 Å². The van der Waals surface area contributed by atoms with Crippen LogP contribution in [0.3, 0.4) is 0 Å². The molecule has 2 N–H and O–H groups in total. The van der Waals surface area contributed by atoms with Gasteiger partial charge < -0.3 is 15.2 Å². The number of carbonyl (C=O) groups excluding carboxylic acids is 1. The summed E-state index contributed by atoms with van der Waals surface area (Å²) in [6, 6.07) is 14.3. The molecule has 29 heavy (non-hydrogen) atoms. The van der Waals surface area contributed by atoms with Crippen molar-refractivity contribution in [2.75, 3.05) is 26.2 Å². The van der Waals surface area contributed by atoms with E-state index in [0.717, 1.165) is 44.1 Å². The molecule has 1 amide bonds. The summed E-state index contributed by atoms with van der Waals surface area (Å²) in [5.41, 5.74) is 2.12. The van der Waals surface area contributed by atoms with Crippen molar-refractivity contribution in [1.29, 1.82) is 0 Å². The van der Waals surface area contributed by atoms with Crippen molar-refractivity contribution in [2.45, 2.75) is 19.3 Å². The monoisotopic (exact) mass is 397 g/mol. The molecule has 0 atom stereocenters. The van der Waals surface area contributed by atoms with Crippen molar-refractivity contribution in [3.63, 3.8) is 0 Å². The second-order valence-corrected chi connectivity index (χ2v) is 7.77. The summed E-state index contributed by atoms with van der Waals surface area (Å²) in [6.45, 7) is 3.42. The van der Waals surface area contributed by atoms with E-state index < -0.39 is 11.6 Å². The van der Waals surface area contributed by atoms with Gasteiger partial charge >= 0.3 is 0 Å². The molecule has 4 nitrogen and oxygen atoms in total. The molecule has 2 aromatic carbocycles. The lowest BCUT2D eigenvalue weighted by molar-refractivity contribution is 0.0940. The number of benzene rings is 2. The predicted molar refractivity (Wildman–Crippen MR) is 110 cm³/mol. The fourth-order valence-corrected chi connectivity index (χ4v) is 4.03. The van der Waals surface area contributed by atoms with E-state index in [1.165, 1.54) is 18.4 Å². The summed E-state index contributed by atoms with van der Waals surface area (Å²) < 4.78 is 26.6. The first-order valence-corrected chi connectivity index (χ1v) is 10.1. The van der Waals surface area contributed by atoms with E-state index in [0.29, 0.717) is 23.1 Å². The van der Waals surface area contributed by atoms with Gasteiger partial charge in [0.2, 0.25) is 0 Å². The summed E-state index contributed by atoms with van der Waals surface area (Å²) in [5, 5.41) is 3.37. The van der Waals surface area contributed by atoms with Gasteiger partial charge in [0.1, 0.15) is 5.69 Å².